The van der Waals surface area contributed by atoms with E-state index in [1.807, 2.05) is 6.92 Å². The van der Waals surface area contributed by atoms with Crippen LogP contribution in [0.4, 0.5) is 0 Å². The van der Waals surface area contributed by atoms with Crippen LogP contribution in [0.2, 0.25) is 0 Å². The van der Waals surface area contributed by atoms with Gasteiger partial charge < -0.3 is 14.7 Å². The van der Waals surface area contributed by atoms with Crippen LogP contribution in [0.1, 0.15) is 19.8 Å². The first-order valence-electron chi connectivity index (χ1n) is 2.57. The molecular weight excluding hydrogens is 246 g/mol. The van der Waals surface area contributed by atoms with Gasteiger partial charge in [0, 0.05) is 6.16 Å². The van der Waals surface area contributed by atoms with Crippen molar-refractivity contribution in [1.29, 1.82) is 0 Å². The molecule has 3 nitrogen and oxygen atoms in total. The fourth-order valence-corrected chi connectivity index (χ4v) is 1.06. The molecule has 0 aromatic rings. The van der Waals surface area contributed by atoms with Crippen LogP contribution in [0, 0.1) is 0 Å². The summed E-state index contributed by atoms with van der Waals surface area (Å²) >= 11 is 0. The number of hydrogen-bond donors (Lipinski definition) is 0. The molecule has 0 bridgehead atoms. The maximum atomic E-state index is 9.86. The monoisotopic (exact) mass is 256 g/mol. The molecular formula is C4H9O3PSn. The zero-order valence-electron chi connectivity index (χ0n) is 5.29. The molecule has 0 aromatic carbocycles. The Morgan fingerprint density at radius 1 is 1.22 bits per heavy atom. The van der Waals surface area contributed by atoms with Gasteiger partial charge in [0.05, 0.1) is 0 Å². The summed E-state index contributed by atoms with van der Waals surface area (Å²) in [6, 6.07) is 0. The Morgan fingerprint density at radius 2 is 1.67 bits per heavy atom. The summed E-state index contributed by atoms with van der Waals surface area (Å²) in [5.41, 5.74) is 0. The molecule has 0 aliphatic heterocycles. The Kier molecular flexibility index (Phi) is 8.31. The minimum atomic E-state index is -4.18. The van der Waals surface area contributed by atoms with E-state index in [1.54, 1.807) is 0 Å². The molecule has 0 saturated carbocycles. The van der Waals surface area contributed by atoms with Crippen molar-refractivity contribution in [2.24, 2.45) is 0 Å². The molecule has 5 heteroatoms. The van der Waals surface area contributed by atoms with Gasteiger partial charge in [-0.05, 0) is 6.42 Å². The summed E-state index contributed by atoms with van der Waals surface area (Å²) in [5, 5.41) is 0. The van der Waals surface area contributed by atoms with Crippen LogP contribution in [0.3, 0.4) is 0 Å². The van der Waals surface area contributed by atoms with Gasteiger partial charge in [-0.1, -0.05) is 13.3 Å². The molecule has 0 rings (SSSR count). The van der Waals surface area contributed by atoms with Gasteiger partial charge in [-0.3, -0.25) is 0 Å². The Balaban J connectivity index is 0. The molecule has 9 heavy (non-hydrogen) atoms. The molecule has 0 atom stereocenters. The van der Waals surface area contributed by atoms with E-state index in [-0.39, 0.29) is 30.1 Å². The van der Waals surface area contributed by atoms with Crippen molar-refractivity contribution in [3.8, 4) is 0 Å². The largest absolute Gasteiger partial charge is 2.00 e. The third-order valence-electron chi connectivity index (χ3n) is 0.786. The van der Waals surface area contributed by atoms with Gasteiger partial charge in [0.25, 0.3) is 0 Å². The zero-order valence-corrected chi connectivity index (χ0v) is 9.04. The Hall–Kier alpha value is 1.11. The normalized spacial score (nSPS) is 10.7. The third-order valence-corrected chi connectivity index (χ3v) is 1.65. The standard InChI is InChI=1S/C4H11O3P.Sn/c1-2-3-4-8(5,6)7;/h2-4H2,1H3,(H2,5,6,7);/q;+2/p-2. The van der Waals surface area contributed by atoms with Gasteiger partial charge >= 0.3 is 23.9 Å². The first kappa shape index (κ1) is 12.8. The molecule has 0 unspecified atom stereocenters. The zero-order chi connectivity index (χ0) is 6.62. The maximum absolute atomic E-state index is 9.86. The molecule has 52 valence electrons. The molecule has 0 N–H and O–H groups in total. The van der Waals surface area contributed by atoms with Crippen molar-refractivity contribution in [3.05, 3.63) is 0 Å². The van der Waals surface area contributed by atoms with Crippen molar-refractivity contribution in [2.45, 2.75) is 19.8 Å². The van der Waals surface area contributed by atoms with Crippen LogP contribution in [-0.4, -0.2) is 30.1 Å². The molecule has 0 spiro atoms. The van der Waals surface area contributed by atoms with E-state index < -0.39 is 7.94 Å². The predicted octanol–water partition coefficient (Wildman–Crippen LogP) is -1.75. The Bertz CT molecular complexity index is 63.3. The molecule has 0 aliphatic carbocycles. The fraction of sp³-hybridized carbons (Fsp3) is 1.00. The van der Waals surface area contributed by atoms with Gasteiger partial charge in [-0.25, -0.2) is 0 Å². The second kappa shape index (κ2) is 5.86. The van der Waals surface area contributed by atoms with Crippen molar-refractivity contribution in [3.63, 3.8) is 0 Å². The smallest absolute Gasteiger partial charge is 0.688 e. The number of rotatable bonds is 3. The summed E-state index contributed by atoms with van der Waals surface area (Å²) in [7, 11) is -4.18. The molecule has 2 radical (unpaired) electrons. The first-order chi connectivity index (χ1) is 3.56. The fourth-order valence-electron chi connectivity index (χ4n) is 0.352. The molecule has 0 aromatic heterocycles. The molecule has 0 fully saturated rings. The van der Waals surface area contributed by atoms with Crippen LogP contribution < -0.4 is 14.7 Å². The molecule has 0 amide bonds. The molecule has 0 heterocycles. The maximum Gasteiger partial charge on any atom is 2.00 e. The van der Waals surface area contributed by atoms with Crippen molar-refractivity contribution in [2.75, 3.05) is 6.16 Å². The van der Waals surface area contributed by atoms with E-state index in [0.29, 0.717) is 6.42 Å². The van der Waals surface area contributed by atoms with E-state index in [9.17, 15) is 14.7 Å². The van der Waals surface area contributed by atoms with Crippen LogP contribution in [-0.2, 0) is 0 Å². The van der Waals surface area contributed by atoms with E-state index in [2.05, 4.69) is 0 Å². The van der Waals surface area contributed by atoms with Crippen molar-refractivity contribution >= 4 is 31.9 Å². The van der Waals surface area contributed by atoms with E-state index in [1.165, 1.54) is 0 Å². The quantitative estimate of drug-likeness (QED) is 0.443. The summed E-state index contributed by atoms with van der Waals surface area (Å²) in [6.07, 6.45) is 1.06. The van der Waals surface area contributed by atoms with Gasteiger partial charge in [0.15, 0.2) is 0 Å². The first-order valence-corrected chi connectivity index (χ1v) is 4.30. The van der Waals surface area contributed by atoms with Gasteiger partial charge in [0.1, 0.15) is 0 Å². The number of hydrogen-bond acceptors (Lipinski definition) is 3. The second-order valence-electron chi connectivity index (χ2n) is 1.69. The minimum Gasteiger partial charge on any atom is -0.688 e. The van der Waals surface area contributed by atoms with Crippen LogP contribution >= 0.6 is 7.94 Å². The average Bonchev–Trinajstić information content (AvgIpc) is 1.59. The van der Waals surface area contributed by atoms with E-state index in [0.717, 1.165) is 6.42 Å². The SMILES string of the molecule is CCCC[P+]([O-])([O-])[O-].[Sn+2]. The van der Waals surface area contributed by atoms with E-state index >= 15 is 0 Å². The summed E-state index contributed by atoms with van der Waals surface area (Å²) in [6.45, 7) is 1.84. The Labute approximate surface area is 72.6 Å². The summed E-state index contributed by atoms with van der Waals surface area (Å²) in [4.78, 5) is 29.6. The third kappa shape index (κ3) is 12.3. The number of unbranched alkanes of at least 4 members (excludes halogenated alkanes) is 1. The molecule has 0 saturated heterocycles. The van der Waals surface area contributed by atoms with Gasteiger partial charge in [-0.2, -0.15) is 7.94 Å². The van der Waals surface area contributed by atoms with Crippen LogP contribution in [0.15, 0.2) is 0 Å². The topological polar surface area (TPSA) is 69.2 Å². The summed E-state index contributed by atoms with van der Waals surface area (Å²) < 4.78 is 0. The Morgan fingerprint density at radius 3 is 1.78 bits per heavy atom. The van der Waals surface area contributed by atoms with Gasteiger partial charge in [0.2, 0.25) is 0 Å². The summed E-state index contributed by atoms with van der Waals surface area (Å²) in [5.74, 6) is 0. The predicted molar refractivity (Wildman–Crippen MR) is 32.4 cm³/mol. The van der Waals surface area contributed by atoms with E-state index in [4.69, 9.17) is 0 Å². The second-order valence-corrected chi connectivity index (χ2v) is 3.36. The van der Waals surface area contributed by atoms with Gasteiger partial charge in [-0.15, -0.1) is 0 Å². The van der Waals surface area contributed by atoms with Crippen LogP contribution in [0.25, 0.3) is 0 Å². The van der Waals surface area contributed by atoms with Crippen LogP contribution in [0.5, 0.6) is 0 Å². The van der Waals surface area contributed by atoms with Crippen molar-refractivity contribution < 1.29 is 14.7 Å². The minimum absolute atomic E-state index is 0. The molecule has 0 aliphatic rings. The van der Waals surface area contributed by atoms with Crippen molar-refractivity contribution in [1.82, 2.24) is 0 Å². The average molecular weight is 255 g/mol.